The molecule has 1 unspecified atom stereocenters. The van der Waals surface area contributed by atoms with E-state index in [1.807, 2.05) is 12.1 Å². The smallest absolute Gasteiger partial charge is 0.141 e. The minimum absolute atomic E-state index is 0.168. The van der Waals surface area contributed by atoms with Crippen molar-refractivity contribution >= 4 is 11.6 Å². The molecule has 19 heavy (non-hydrogen) atoms. The lowest BCUT2D eigenvalue weighted by Crippen LogP contribution is -2.21. The molecule has 2 nitrogen and oxygen atoms in total. The number of rotatable bonds is 9. The summed E-state index contributed by atoms with van der Waals surface area (Å²) in [6.07, 6.45) is 6.58. The average Bonchev–Trinajstić information content (AvgIpc) is 2.41. The molecule has 0 aliphatic rings. The van der Waals surface area contributed by atoms with Crippen LogP contribution in [0, 0.1) is 0 Å². The van der Waals surface area contributed by atoms with Gasteiger partial charge in [-0.05, 0) is 30.9 Å². The third-order valence-corrected chi connectivity index (χ3v) is 3.60. The first-order valence-electron chi connectivity index (χ1n) is 7.34. The average molecular weight is 284 g/mol. The Kier molecular flexibility index (Phi) is 7.92. The van der Waals surface area contributed by atoms with E-state index >= 15 is 0 Å². The van der Waals surface area contributed by atoms with E-state index in [-0.39, 0.29) is 6.04 Å². The topological polar surface area (TPSA) is 35.2 Å². The third kappa shape index (κ3) is 5.84. The van der Waals surface area contributed by atoms with Crippen LogP contribution < -0.4 is 10.5 Å². The minimum Gasteiger partial charge on any atom is -0.492 e. The molecule has 0 heterocycles. The van der Waals surface area contributed by atoms with E-state index in [4.69, 9.17) is 22.1 Å². The Morgan fingerprint density at radius 2 is 2.00 bits per heavy atom. The number of hydrogen-bond donors (Lipinski definition) is 1. The van der Waals surface area contributed by atoms with Crippen LogP contribution in [0.5, 0.6) is 5.75 Å². The van der Waals surface area contributed by atoms with Crippen LogP contribution in [0.25, 0.3) is 0 Å². The number of benzene rings is 1. The number of ether oxygens (including phenoxy) is 1. The van der Waals surface area contributed by atoms with Gasteiger partial charge in [0.25, 0.3) is 0 Å². The molecule has 0 aromatic heterocycles. The standard InChI is InChI=1S/C16H26ClNO/c1-3-5-6-7-11-19-16-13(12-14(18)4-2)9-8-10-15(16)17/h8-10,14H,3-7,11-12,18H2,1-2H3. The van der Waals surface area contributed by atoms with E-state index in [1.165, 1.54) is 19.3 Å². The Morgan fingerprint density at radius 1 is 1.21 bits per heavy atom. The van der Waals surface area contributed by atoms with Gasteiger partial charge >= 0.3 is 0 Å². The fourth-order valence-electron chi connectivity index (χ4n) is 2.01. The van der Waals surface area contributed by atoms with Crippen molar-refractivity contribution in [2.75, 3.05) is 6.61 Å². The van der Waals surface area contributed by atoms with E-state index in [2.05, 4.69) is 19.9 Å². The maximum atomic E-state index is 6.23. The monoisotopic (exact) mass is 283 g/mol. The van der Waals surface area contributed by atoms with Crippen molar-refractivity contribution in [1.29, 1.82) is 0 Å². The number of hydrogen-bond acceptors (Lipinski definition) is 2. The molecule has 0 bridgehead atoms. The Labute approximate surface area is 122 Å². The SMILES string of the molecule is CCCCCCOc1c(Cl)cccc1CC(N)CC. The van der Waals surface area contributed by atoms with Gasteiger partial charge in [0, 0.05) is 6.04 Å². The molecule has 108 valence electrons. The highest BCUT2D eigenvalue weighted by Gasteiger charge is 2.11. The molecule has 3 heteroatoms. The Morgan fingerprint density at radius 3 is 2.68 bits per heavy atom. The molecule has 0 saturated carbocycles. The summed E-state index contributed by atoms with van der Waals surface area (Å²) in [6.45, 7) is 5.04. The van der Waals surface area contributed by atoms with E-state index in [9.17, 15) is 0 Å². The van der Waals surface area contributed by atoms with Gasteiger partial charge in [-0.15, -0.1) is 0 Å². The van der Waals surface area contributed by atoms with Crippen molar-refractivity contribution in [2.45, 2.75) is 58.4 Å². The number of para-hydroxylation sites is 1. The van der Waals surface area contributed by atoms with Gasteiger partial charge in [0.2, 0.25) is 0 Å². The molecule has 1 aromatic carbocycles. The molecule has 1 atom stereocenters. The van der Waals surface area contributed by atoms with Crippen LogP contribution in [-0.4, -0.2) is 12.6 Å². The van der Waals surface area contributed by atoms with Crippen molar-refractivity contribution in [3.8, 4) is 5.75 Å². The van der Waals surface area contributed by atoms with Gasteiger partial charge in [-0.25, -0.2) is 0 Å². The lowest BCUT2D eigenvalue weighted by molar-refractivity contribution is 0.301. The Bertz CT molecular complexity index is 368. The highest BCUT2D eigenvalue weighted by Crippen LogP contribution is 2.30. The summed E-state index contributed by atoms with van der Waals surface area (Å²) in [5.74, 6) is 0.824. The zero-order valence-corrected chi connectivity index (χ0v) is 12.9. The van der Waals surface area contributed by atoms with Gasteiger partial charge in [0.15, 0.2) is 0 Å². The molecule has 2 N–H and O–H groups in total. The zero-order chi connectivity index (χ0) is 14.1. The first kappa shape index (κ1) is 16.3. The first-order chi connectivity index (χ1) is 9.19. The van der Waals surface area contributed by atoms with Crippen molar-refractivity contribution < 1.29 is 4.74 Å². The second-order valence-corrected chi connectivity index (χ2v) is 5.42. The zero-order valence-electron chi connectivity index (χ0n) is 12.1. The lowest BCUT2D eigenvalue weighted by atomic mass is 10.0. The van der Waals surface area contributed by atoms with Crippen molar-refractivity contribution in [3.63, 3.8) is 0 Å². The maximum Gasteiger partial charge on any atom is 0.141 e. The number of halogens is 1. The molecule has 0 radical (unpaired) electrons. The van der Waals surface area contributed by atoms with Gasteiger partial charge in [-0.1, -0.05) is 56.8 Å². The summed E-state index contributed by atoms with van der Waals surface area (Å²) in [7, 11) is 0. The second kappa shape index (κ2) is 9.22. The predicted octanol–water partition coefficient (Wildman–Crippen LogP) is 4.58. The molecule has 0 fully saturated rings. The molecular weight excluding hydrogens is 258 g/mol. The van der Waals surface area contributed by atoms with Gasteiger partial charge in [0.05, 0.1) is 11.6 Å². The molecule has 1 rings (SSSR count). The third-order valence-electron chi connectivity index (χ3n) is 3.30. The van der Waals surface area contributed by atoms with E-state index in [0.29, 0.717) is 5.02 Å². The van der Waals surface area contributed by atoms with E-state index in [0.717, 1.165) is 37.2 Å². The van der Waals surface area contributed by atoms with E-state index < -0.39 is 0 Å². The van der Waals surface area contributed by atoms with Crippen molar-refractivity contribution in [3.05, 3.63) is 28.8 Å². The fourth-order valence-corrected chi connectivity index (χ4v) is 2.25. The summed E-state index contributed by atoms with van der Waals surface area (Å²) in [5, 5.41) is 0.691. The van der Waals surface area contributed by atoms with Crippen molar-refractivity contribution in [1.82, 2.24) is 0 Å². The molecular formula is C16H26ClNO. The van der Waals surface area contributed by atoms with Crippen LogP contribution in [0.3, 0.4) is 0 Å². The highest BCUT2D eigenvalue weighted by molar-refractivity contribution is 6.32. The minimum atomic E-state index is 0.168. The number of unbranched alkanes of at least 4 members (excludes halogenated alkanes) is 3. The van der Waals surface area contributed by atoms with Gasteiger partial charge in [-0.3, -0.25) is 0 Å². The van der Waals surface area contributed by atoms with E-state index in [1.54, 1.807) is 0 Å². The normalized spacial score (nSPS) is 12.4. The summed E-state index contributed by atoms with van der Waals surface area (Å²) in [6, 6.07) is 6.07. The van der Waals surface area contributed by atoms with Gasteiger partial charge < -0.3 is 10.5 Å². The van der Waals surface area contributed by atoms with Crippen molar-refractivity contribution in [2.24, 2.45) is 5.73 Å². The summed E-state index contributed by atoms with van der Waals surface area (Å²) in [5.41, 5.74) is 7.14. The summed E-state index contributed by atoms with van der Waals surface area (Å²) in [4.78, 5) is 0. The molecule has 0 aliphatic heterocycles. The quantitative estimate of drug-likeness (QED) is 0.673. The van der Waals surface area contributed by atoms with Crippen LogP contribution in [0.15, 0.2) is 18.2 Å². The van der Waals surface area contributed by atoms with Crippen LogP contribution in [0.4, 0.5) is 0 Å². The number of nitrogens with two attached hydrogens (primary N) is 1. The van der Waals surface area contributed by atoms with Crippen LogP contribution >= 0.6 is 11.6 Å². The molecule has 0 aliphatic carbocycles. The van der Waals surface area contributed by atoms with Crippen LogP contribution in [0.1, 0.15) is 51.5 Å². The highest BCUT2D eigenvalue weighted by atomic mass is 35.5. The predicted molar refractivity (Wildman–Crippen MR) is 83.1 cm³/mol. The second-order valence-electron chi connectivity index (χ2n) is 5.01. The summed E-state index contributed by atoms with van der Waals surface area (Å²) < 4.78 is 5.87. The molecule has 0 saturated heterocycles. The summed E-state index contributed by atoms with van der Waals surface area (Å²) >= 11 is 6.23. The first-order valence-corrected chi connectivity index (χ1v) is 7.72. The molecule has 1 aromatic rings. The lowest BCUT2D eigenvalue weighted by Gasteiger charge is -2.15. The Balaban J connectivity index is 2.59. The molecule has 0 spiro atoms. The Hall–Kier alpha value is -0.730. The van der Waals surface area contributed by atoms with Gasteiger partial charge in [0.1, 0.15) is 5.75 Å². The fraction of sp³-hybridized carbons (Fsp3) is 0.625. The maximum absolute atomic E-state index is 6.23. The largest absolute Gasteiger partial charge is 0.492 e. The van der Waals surface area contributed by atoms with Gasteiger partial charge in [-0.2, -0.15) is 0 Å². The van der Waals surface area contributed by atoms with Crippen LogP contribution in [0.2, 0.25) is 5.02 Å². The molecule has 0 amide bonds. The van der Waals surface area contributed by atoms with Crippen LogP contribution in [-0.2, 0) is 6.42 Å².